The SMILES string of the molecule is C#CCn1c(CCNC)nc2cc(OCCC)ccc21. The fourth-order valence-electron chi connectivity index (χ4n) is 2.16. The predicted octanol–water partition coefficient (Wildman–Crippen LogP) is 2.22. The summed E-state index contributed by atoms with van der Waals surface area (Å²) in [6.07, 6.45) is 7.32. The third-order valence-corrected chi connectivity index (χ3v) is 3.12. The van der Waals surface area contributed by atoms with Gasteiger partial charge in [0.05, 0.1) is 24.2 Å². The van der Waals surface area contributed by atoms with Crippen LogP contribution in [0, 0.1) is 12.3 Å². The third kappa shape index (κ3) is 3.12. The summed E-state index contributed by atoms with van der Waals surface area (Å²) in [6.45, 7) is 4.25. The first-order valence-corrected chi connectivity index (χ1v) is 7.00. The maximum Gasteiger partial charge on any atom is 0.121 e. The molecule has 1 heterocycles. The maximum absolute atomic E-state index is 5.65. The van der Waals surface area contributed by atoms with E-state index in [1.807, 2.05) is 25.2 Å². The molecule has 1 aromatic heterocycles. The minimum absolute atomic E-state index is 0.546. The van der Waals surface area contributed by atoms with Crippen LogP contribution in [-0.4, -0.2) is 29.8 Å². The second-order valence-electron chi connectivity index (χ2n) is 4.67. The number of imidazole rings is 1. The second kappa shape index (κ2) is 6.97. The number of nitrogens with zero attached hydrogens (tertiary/aromatic N) is 2. The Bertz CT molecular complexity index is 610. The molecular weight excluding hydrogens is 250 g/mol. The average Bonchev–Trinajstić information content (AvgIpc) is 2.80. The molecule has 0 radical (unpaired) electrons. The number of hydrogen-bond acceptors (Lipinski definition) is 3. The molecule has 0 amide bonds. The Morgan fingerprint density at radius 2 is 2.30 bits per heavy atom. The van der Waals surface area contributed by atoms with E-state index in [1.54, 1.807) is 0 Å². The molecule has 4 nitrogen and oxygen atoms in total. The number of hydrogen-bond donors (Lipinski definition) is 1. The van der Waals surface area contributed by atoms with Gasteiger partial charge in [0.25, 0.3) is 0 Å². The van der Waals surface area contributed by atoms with Crippen LogP contribution in [0.2, 0.25) is 0 Å². The zero-order valence-corrected chi connectivity index (χ0v) is 12.1. The molecule has 0 aliphatic carbocycles. The van der Waals surface area contributed by atoms with Crippen molar-refractivity contribution in [3.8, 4) is 18.1 Å². The Labute approximate surface area is 120 Å². The van der Waals surface area contributed by atoms with Crippen molar-refractivity contribution < 1.29 is 4.74 Å². The molecule has 0 spiro atoms. The highest BCUT2D eigenvalue weighted by Crippen LogP contribution is 2.22. The lowest BCUT2D eigenvalue weighted by Crippen LogP contribution is -2.14. The van der Waals surface area contributed by atoms with Crippen molar-refractivity contribution in [2.24, 2.45) is 0 Å². The van der Waals surface area contributed by atoms with Gasteiger partial charge in [-0.2, -0.15) is 0 Å². The van der Waals surface area contributed by atoms with Gasteiger partial charge in [-0.15, -0.1) is 6.42 Å². The zero-order chi connectivity index (χ0) is 14.4. The van der Waals surface area contributed by atoms with Gasteiger partial charge in [-0.3, -0.25) is 0 Å². The fourth-order valence-corrected chi connectivity index (χ4v) is 2.16. The van der Waals surface area contributed by atoms with Crippen molar-refractivity contribution in [3.05, 3.63) is 24.0 Å². The average molecular weight is 271 g/mol. The van der Waals surface area contributed by atoms with E-state index in [2.05, 4.69) is 27.7 Å². The number of aromatic nitrogens is 2. The van der Waals surface area contributed by atoms with Crippen LogP contribution in [0.1, 0.15) is 19.2 Å². The molecular formula is C16H21N3O. The van der Waals surface area contributed by atoms with Crippen molar-refractivity contribution in [2.45, 2.75) is 26.3 Å². The normalized spacial score (nSPS) is 10.7. The standard InChI is InChI=1S/C16H21N3O/c1-4-10-19-15-7-6-13(20-11-5-2)12-14(15)18-16(19)8-9-17-3/h1,6-7,12,17H,5,8-11H2,2-3H3. The van der Waals surface area contributed by atoms with Crippen LogP contribution in [0.4, 0.5) is 0 Å². The van der Waals surface area contributed by atoms with E-state index < -0.39 is 0 Å². The Hall–Kier alpha value is -1.99. The third-order valence-electron chi connectivity index (χ3n) is 3.12. The molecule has 2 aromatic rings. The summed E-state index contributed by atoms with van der Waals surface area (Å²) in [7, 11) is 1.94. The summed E-state index contributed by atoms with van der Waals surface area (Å²) in [6, 6.07) is 6.00. The molecule has 1 aromatic carbocycles. The summed E-state index contributed by atoms with van der Waals surface area (Å²) in [5.41, 5.74) is 2.01. The highest BCUT2D eigenvalue weighted by atomic mass is 16.5. The first kappa shape index (κ1) is 14.4. The molecule has 0 atom stereocenters. The molecule has 0 fully saturated rings. The predicted molar refractivity (Wildman–Crippen MR) is 82.0 cm³/mol. The van der Waals surface area contributed by atoms with Gasteiger partial charge in [0, 0.05) is 19.0 Å². The van der Waals surface area contributed by atoms with Crippen LogP contribution in [0.15, 0.2) is 18.2 Å². The first-order valence-electron chi connectivity index (χ1n) is 7.00. The molecule has 0 saturated carbocycles. The lowest BCUT2D eigenvalue weighted by atomic mass is 10.3. The molecule has 20 heavy (non-hydrogen) atoms. The minimum Gasteiger partial charge on any atom is -0.494 e. The van der Waals surface area contributed by atoms with Crippen molar-refractivity contribution in [3.63, 3.8) is 0 Å². The Kier molecular flexibility index (Phi) is 5.03. The van der Waals surface area contributed by atoms with Gasteiger partial charge < -0.3 is 14.6 Å². The Morgan fingerprint density at radius 1 is 1.45 bits per heavy atom. The van der Waals surface area contributed by atoms with E-state index in [1.165, 1.54) is 0 Å². The van der Waals surface area contributed by atoms with Gasteiger partial charge in [-0.25, -0.2) is 4.98 Å². The van der Waals surface area contributed by atoms with Gasteiger partial charge >= 0.3 is 0 Å². The van der Waals surface area contributed by atoms with Crippen LogP contribution in [-0.2, 0) is 13.0 Å². The molecule has 0 unspecified atom stereocenters. The van der Waals surface area contributed by atoms with Crippen molar-refractivity contribution >= 4 is 11.0 Å². The number of benzene rings is 1. The van der Waals surface area contributed by atoms with Crippen LogP contribution >= 0.6 is 0 Å². The number of terminal acetylenes is 1. The highest BCUT2D eigenvalue weighted by molar-refractivity contribution is 5.78. The van der Waals surface area contributed by atoms with Gasteiger partial charge in [0.15, 0.2) is 0 Å². The van der Waals surface area contributed by atoms with Gasteiger partial charge in [-0.1, -0.05) is 12.8 Å². The molecule has 106 valence electrons. The lowest BCUT2D eigenvalue weighted by molar-refractivity contribution is 0.318. The quantitative estimate of drug-likeness (QED) is 0.785. The Morgan fingerprint density at radius 3 is 3.00 bits per heavy atom. The van der Waals surface area contributed by atoms with Crippen molar-refractivity contribution in [2.75, 3.05) is 20.2 Å². The number of rotatable bonds is 7. The van der Waals surface area contributed by atoms with Gasteiger partial charge in [0.2, 0.25) is 0 Å². The summed E-state index contributed by atoms with van der Waals surface area (Å²) < 4.78 is 7.75. The van der Waals surface area contributed by atoms with Gasteiger partial charge in [0.1, 0.15) is 11.6 Å². The summed E-state index contributed by atoms with van der Waals surface area (Å²) in [5, 5.41) is 3.14. The largest absolute Gasteiger partial charge is 0.494 e. The number of likely N-dealkylation sites (N-methyl/N-ethyl adjacent to an activating group) is 1. The van der Waals surface area contributed by atoms with Crippen LogP contribution in [0.25, 0.3) is 11.0 Å². The van der Waals surface area contributed by atoms with Crippen molar-refractivity contribution in [1.29, 1.82) is 0 Å². The zero-order valence-electron chi connectivity index (χ0n) is 12.1. The topological polar surface area (TPSA) is 39.1 Å². The first-order chi connectivity index (χ1) is 9.80. The van der Waals surface area contributed by atoms with Crippen LogP contribution in [0.5, 0.6) is 5.75 Å². The molecule has 0 aliphatic rings. The van der Waals surface area contributed by atoms with Crippen LogP contribution in [0.3, 0.4) is 0 Å². The summed E-state index contributed by atoms with van der Waals surface area (Å²) in [5.74, 6) is 4.58. The van der Waals surface area contributed by atoms with Crippen LogP contribution < -0.4 is 10.1 Å². The number of ether oxygens (including phenoxy) is 1. The van der Waals surface area contributed by atoms with Crippen molar-refractivity contribution in [1.82, 2.24) is 14.9 Å². The monoisotopic (exact) mass is 271 g/mol. The minimum atomic E-state index is 0.546. The summed E-state index contributed by atoms with van der Waals surface area (Å²) >= 11 is 0. The maximum atomic E-state index is 5.65. The van der Waals surface area contributed by atoms with E-state index in [0.717, 1.165) is 48.6 Å². The summed E-state index contributed by atoms with van der Waals surface area (Å²) in [4.78, 5) is 4.68. The molecule has 1 N–H and O–H groups in total. The van der Waals surface area contributed by atoms with E-state index >= 15 is 0 Å². The van der Waals surface area contributed by atoms with E-state index in [9.17, 15) is 0 Å². The fraction of sp³-hybridized carbons (Fsp3) is 0.438. The molecule has 2 rings (SSSR count). The van der Waals surface area contributed by atoms with Gasteiger partial charge in [-0.05, 0) is 25.6 Å². The molecule has 0 bridgehead atoms. The van der Waals surface area contributed by atoms with E-state index in [-0.39, 0.29) is 0 Å². The second-order valence-corrected chi connectivity index (χ2v) is 4.67. The molecule has 4 heteroatoms. The van der Waals surface area contributed by atoms with E-state index in [4.69, 9.17) is 11.2 Å². The molecule has 0 saturated heterocycles. The van der Waals surface area contributed by atoms with E-state index in [0.29, 0.717) is 6.54 Å². The molecule has 0 aliphatic heterocycles. The smallest absolute Gasteiger partial charge is 0.121 e. The Balaban J connectivity index is 2.36. The number of nitrogens with one attached hydrogen (secondary N) is 1. The lowest BCUT2D eigenvalue weighted by Gasteiger charge is -2.06. The highest BCUT2D eigenvalue weighted by Gasteiger charge is 2.10. The number of fused-ring (bicyclic) bond motifs is 1.